The lowest BCUT2D eigenvalue weighted by molar-refractivity contribution is -0.155. The van der Waals surface area contributed by atoms with Crippen LogP contribution in [-0.2, 0) is 48.0 Å². The molecule has 6 atom stereocenters. The van der Waals surface area contributed by atoms with Gasteiger partial charge in [0.15, 0.2) is 0 Å². The van der Waals surface area contributed by atoms with E-state index >= 15 is 4.79 Å². The number of rotatable bonds is 9. The summed E-state index contributed by atoms with van der Waals surface area (Å²) in [5.41, 5.74) is 6.44. The highest BCUT2D eigenvalue weighted by Crippen LogP contribution is 2.45. The molecule has 1 aromatic carbocycles. The van der Waals surface area contributed by atoms with Crippen LogP contribution in [0, 0.1) is 16.7 Å². The molecule has 384 valence electrons. The standard InChI is InChI=1S/C52H68F3N9O6S/c1-31(69-5)43-34(13-8-18-56-43)45-36-23-50(2,3)30-70-49(68)37-14-9-20-64(59-37)47(66)38(22-42-57-39(25-71-42)33-15-16-40(35(36)21-33)63(45)29-52(53,54)55)58-46(65)44(32-11-6-7-12-32)61-19-10-17-51(26-61)27-62(28-51)48(67)41-24-60(41)4/h15-16,18,21,25,31-32,37-38,41,44,59H,6-14,17,19-20,22-24,26-30H2,1-5H3,(H,58,65)/t31-,37-,38-,41+,44-,60?/m0/s1. The first-order valence-corrected chi connectivity index (χ1v) is 26.5. The SMILES string of the molecule is CO[C@@H](C)C1=C(c2c3c4cc(ccc4n2CC(F)(F)F)-c2csc(n2)C[C@H](NC(=O)[C@H](C2CCCC2)N2CCCC4(CN(C(=O)[C@H]5CN5C)C4)C2)C(=O)N2CCC[C@H](N2)C(=O)OCC(C)(C)C3)CCC=N1. The van der Waals surface area contributed by atoms with E-state index in [4.69, 9.17) is 19.5 Å². The summed E-state index contributed by atoms with van der Waals surface area (Å²) in [5.74, 6) is -0.808. The van der Waals surface area contributed by atoms with E-state index in [0.717, 1.165) is 51.6 Å². The van der Waals surface area contributed by atoms with E-state index < -0.39 is 48.3 Å². The monoisotopic (exact) mass is 1000 g/mol. The molecule has 2 N–H and O–H groups in total. The lowest BCUT2D eigenvalue weighted by atomic mass is 9.72. The molecule has 10 rings (SSSR count). The normalized spacial score (nSPS) is 27.1. The predicted molar refractivity (Wildman–Crippen MR) is 264 cm³/mol. The minimum Gasteiger partial charge on any atom is -0.464 e. The average Bonchev–Trinajstić information content (AvgIpc) is 3.65. The number of benzene rings is 1. The number of amides is 3. The van der Waals surface area contributed by atoms with Crippen LogP contribution in [0.2, 0.25) is 0 Å². The van der Waals surface area contributed by atoms with Gasteiger partial charge in [-0.15, -0.1) is 11.3 Å². The number of likely N-dealkylation sites (N-methyl/N-ethyl adjacent to an activating group) is 1. The molecule has 4 saturated heterocycles. The topological polar surface area (TPSA) is 154 Å². The first-order valence-electron chi connectivity index (χ1n) is 25.6. The van der Waals surface area contributed by atoms with E-state index in [9.17, 15) is 27.6 Å². The van der Waals surface area contributed by atoms with Crippen molar-refractivity contribution in [1.82, 2.24) is 40.0 Å². The van der Waals surface area contributed by atoms with Crippen LogP contribution in [0.4, 0.5) is 13.2 Å². The average molecular weight is 1000 g/mol. The van der Waals surface area contributed by atoms with E-state index in [1.54, 1.807) is 25.5 Å². The predicted octanol–water partition coefficient (Wildman–Crippen LogP) is 6.38. The van der Waals surface area contributed by atoms with Gasteiger partial charge in [0, 0.05) is 90.7 Å². The number of hydrogen-bond acceptors (Lipinski definition) is 12. The Morgan fingerprint density at radius 2 is 1.85 bits per heavy atom. The number of esters is 1. The van der Waals surface area contributed by atoms with Crippen molar-refractivity contribution < 1.29 is 41.8 Å². The molecule has 8 heterocycles. The van der Waals surface area contributed by atoms with Crippen LogP contribution in [0.25, 0.3) is 27.7 Å². The fourth-order valence-corrected chi connectivity index (χ4v) is 13.3. The van der Waals surface area contributed by atoms with Gasteiger partial charge in [0.1, 0.15) is 24.7 Å². The molecule has 2 aromatic heterocycles. The highest BCUT2D eigenvalue weighted by Gasteiger charge is 2.53. The van der Waals surface area contributed by atoms with E-state index in [-0.39, 0.29) is 54.5 Å². The molecule has 71 heavy (non-hydrogen) atoms. The zero-order chi connectivity index (χ0) is 50.0. The summed E-state index contributed by atoms with van der Waals surface area (Å²) < 4.78 is 57.4. The van der Waals surface area contributed by atoms with Gasteiger partial charge in [-0.3, -0.25) is 39.0 Å². The number of likely N-dealkylation sites (tertiary alicyclic amines) is 2. The van der Waals surface area contributed by atoms with Crippen LogP contribution in [0.15, 0.2) is 34.3 Å². The van der Waals surface area contributed by atoms with Gasteiger partial charge in [-0.1, -0.05) is 32.8 Å². The number of hydrogen-bond donors (Lipinski definition) is 2. The number of allylic oxidation sites excluding steroid dienone is 1. The molecular weight excluding hydrogens is 936 g/mol. The zero-order valence-corrected chi connectivity index (χ0v) is 42.4. The first-order chi connectivity index (χ1) is 33.9. The van der Waals surface area contributed by atoms with Crippen molar-refractivity contribution in [3.05, 3.63) is 45.5 Å². The molecule has 6 bridgehead atoms. The Bertz CT molecular complexity index is 2610. The smallest absolute Gasteiger partial charge is 0.406 e. The van der Waals surface area contributed by atoms with Gasteiger partial charge in [0.05, 0.1) is 40.8 Å². The fourth-order valence-electron chi connectivity index (χ4n) is 12.4. The molecule has 5 fully saturated rings. The first kappa shape index (κ1) is 49.9. The number of ether oxygens (including phenoxy) is 2. The Kier molecular flexibility index (Phi) is 13.8. The number of methoxy groups -OCH3 is 1. The van der Waals surface area contributed by atoms with Crippen LogP contribution in [0.5, 0.6) is 0 Å². The minimum atomic E-state index is -4.55. The number of thiazole rings is 1. The van der Waals surface area contributed by atoms with Crippen molar-refractivity contribution in [2.45, 2.75) is 141 Å². The Morgan fingerprint density at radius 3 is 2.58 bits per heavy atom. The number of alkyl halides is 3. The molecule has 1 aliphatic carbocycles. The molecule has 7 aliphatic rings. The van der Waals surface area contributed by atoms with Gasteiger partial charge in [0.25, 0.3) is 5.91 Å². The summed E-state index contributed by atoms with van der Waals surface area (Å²) in [4.78, 5) is 73.2. The maximum Gasteiger partial charge on any atom is 0.406 e. The van der Waals surface area contributed by atoms with Crippen molar-refractivity contribution in [2.24, 2.45) is 21.7 Å². The number of carbonyl (C=O) groups is 4. The van der Waals surface area contributed by atoms with Crippen molar-refractivity contribution in [2.75, 3.05) is 60.0 Å². The highest BCUT2D eigenvalue weighted by molar-refractivity contribution is 7.10. The van der Waals surface area contributed by atoms with Crippen molar-refractivity contribution in [3.63, 3.8) is 0 Å². The Morgan fingerprint density at radius 1 is 1.07 bits per heavy atom. The van der Waals surface area contributed by atoms with Crippen molar-refractivity contribution in [1.29, 1.82) is 0 Å². The third-order valence-electron chi connectivity index (χ3n) is 16.1. The number of halogens is 3. The van der Waals surface area contributed by atoms with E-state index in [2.05, 4.69) is 20.5 Å². The second-order valence-electron chi connectivity index (χ2n) is 22.2. The number of aliphatic imine (C=N–C) groups is 1. The van der Waals surface area contributed by atoms with Gasteiger partial charge >= 0.3 is 12.1 Å². The molecule has 3 aromatic rings. The molecule has 3 amide bonds. The number of fused-ring (bicyclic) bond motifs is 6. The quantitative estimate of drug-likeness (QED) is 0.182. The van der Waals surface area contributed by atoms with Crippen LogP contribution >= 0.6 is 11.3 Å². The maximum absolute atomic E-state index is 15.1. The van der Waals surface area contributed by atoms with Gasteiger partial charge in [-0.05, 0) is 102 Å². The molecule has 1 saturated carbocycles. The number of nitrogens with one attached hydrogen (secondary N) is 2. The van der Waals surface area contributed by atoms with Gasteiger partial charge in [-0.2, -0.15) is 13.2 Å². The number of carbonyl (C=O) groups excluding carboxylic acids is 4. The summed E-state index contributed by atoms with van der Waals surface area (Å²) >= 11 is 1.36. The zero-order valence-electron chi connectivity index (χ0n) is 41.6. The molecule has 6 aliphatic heterocycles. The van der Waals surface area contributed by atoms with Crippen LogP contribution < -0.4 is 10.7 Å². The fraction of sp³-hybridized carbons (Fsp3) is 0.654. The molecule has 0 radical (unpaired) electrons. The number of aromatic nitrogens is 2. The second kappa shape index (κ2) is 19.6. The Hall–Kier alpha value is -4.69. The molecule has 1 spiro atoms. The molecular formula is C52H68F3N9O6S. The lowest BCUT2D eigenvalue weighted by Crippen LogP contribution is -2.68. The number of cyclic esters (lactones) is 1. The number of nitrogens with zero attached hydrogens (tertiary/aromatic N) is 7. The summed E-state index contributed by atoms with van der Waals surface area (Å²) in [6, 6.07) is 3.07. The number of hydrazine groups is 1. The summed E-state index contributed by atoms with van der Waals surface area (Å²) in [6.45, 7) is 8.42. The second-order valence-corrected chi connectivity index (χ2v) is 23.2. The van der Waals surface area contributed by atoms with Crippen molar-refractivity contribution in [3.8, 4) is 11.3 Å². The third-order valence-corrected chi connectivity index (χ3v) is 17.0. The maximum atomic E-state index is 15.1. The van der Waals surface area contributed by atoms with E-state index in [1.807, 2.05) is 44.2 Å². The highest BCUT2D eigenvalue weighted by atomic mass is 32.1. The number of piperidine rings is 1. The Balaban J connectivity index is 1.01. The van der Waals surface area contributed by atoms with E-state index in [0.29, 0.717) is 102 Å². The minimum absolute atomic E-state index is 0.0238. The molecule has 19 heteroatoms. The molecule has 15 nitrogen and oxygen atoms in total. The lowest BCUT2D eigenvalue weighted by Gasteiger charge is -2.56. The van der Waals surface area contributed by atoms with Crippen LogP contribution in [0.1, 0.15) is 101 Å². The Labute approximate surface area is 417 Å². The third kappa shape index (κ3) is 10.3. The summed E-state index contributed by atoms with van der Waals surface area (Å²) in [5, 5.41) is 7.83. The van der Waals surface area contributed by atoms with Crippen molar-refractivity contribution >= 4 is 57.7 Å². The summed E-state index contributed by atoms with van der Waals surface area (Å²) in [7, 11) is 3.52. The largest absolute Gasteiger partial charge is 0.464 e. The van der Waals surface area contributed by atoms with Gasteiger partial charge < -0.3 is 24.3 Å². The van der Waals surface area contributed by atoms with E-state index in [1.165, 1.54) is 20.9 Å². The molecule has 1 unspecified atom stereocenters. The van der Waals surface area contributed by atoms with Crippen LogP contribution in [0.3, 0.4) is 0 Å². The summed E-state index contributed by atoms with van der Waals surface area (Å²) in [6.07, 6.45) is 4.85. The van der Waals surface area contributed by atoms with Gasteiger partial charge in [-0.25, -0.2) is 10.4 Å². The van der Waals surface area contributed by atoms with Crippen LogP contribution in [-0.4, -0.2) is 156 Å². The van der Waals surface area contributed by atoms with Gasteiger partial charge in [0.2, 0.25) is 11.8 Å².